The summed E-state index contributed by atoms with van der Waals surface area (Å²) in [6, 6.07) is 2.20. The summed E-state index contributed by atoms with van der Waals surface area (Å²) in [7, 11) is 0. The summed E-state index contributed by atoms with van der Waals surface area (Å²) in [5.74, 6) is 1.25. The smallest absolute Gasteiger partial charge is 0.317 e. The summed E-state index contributed by atoms with van der Waals surface area (Å²) in [5.41, 5.74) is 1.12. The van der Waals surface area contributed by atoms with Gasteiger partial charge in [0.25, 0.3) is 0 Å². The predicted octanol–water partition coefficient (Wildman–Crippen LogP) is 2.45. The molecule has 1 aromatic heterocycles. The van der Waals surface area contributed by atoms with Crippen molar-refractivity contribution < 1.29 is 14.0 Å². The third-order valence-electron chi connectivity index (χ3n) is 5.58. The first kappa shape index (κ1) is 15.5. The molecule has 3 aliphatic rings. The van der Waals surface area contributed by atoms with Crippen LogP contribution >= 0.6 is 0 Å². The fraction of sp³-hybridized carbons (Fsp3) is 0.667. The van der Waals surface area contributed by atoms with Gasteiger partial charge in [-0.3, -0.25) is 4.79 Å². The highest BCUT2D eigenvalue weighted by atomic mass is 16.3. The number of aryl methyl sites for hydroxylation is 1. The van der Waals surface area contributed by atoms with Crippen molar-refractivity contribution in [3.05, 3.63) is 23.7 Å². The maximum absolute atomic E-state index is 12.7. The summed E-state index contributed by atoms with van der Waals surface area (Å²) < 4.78 is 5.50. The van der Waals surface area contributed by atoms with Crippen LogP contribution < -0.4 is 5.32 Å². The highest BCUT2D eigenvalue weighted by molar-refractivity contribution is 5.79. The van der Waals surface area contributed by atoms with E-state index in [0.29, 0.717) is 13.0 Å². The molecule has 2 atom stereocenters. The number of hydrogen-bond donors (Lipinski definition) is 1. The summed E-state index contributed by atoms with van der Waals surface area (Å²) >= 11 is 0. The van der Waals surface area contributed by atoms with Crippen LogP contribution in [0.3, 0.4) is 0 Å². The Labute approximate surface area is 142 Å². The van der Waals surface area contributed by atoms with Crippen molar-refractivity contribution in [2.24, 2.45) is 0 Å². The van der Waals surface area contributed by atoms with Gasteiger partial charge in [0.05, 0.1) is 12.3 Å². The number of carbonyl (C=O) groups is 2. The highest BCUT2D eigenvalue weighted by Gasteiger charge is 2.33. The Hall–Kier alpha value is -1.98. The van der Waals surface area contributed by atoms with E-state index < -0.39 is 0 Å². The fourth-order valence-corrected chi connectivity index (χ4v) is 4.33. The Kier molecular flexibility index (Phi) is 4.21. The Balaban J connectivity index is 1.39. The topological polar surface area (TPSA) is 65.8 Å². The van der Waals surface area contributed by atoms with Gasteiger partial charge in [0.2, 0.25) is 5.91 Å². The molecule has 3 heterocycles. The van der Waals surface area contributed by atoms with Crippen LogP contribution in [0.1, 0.15) is 55.9 Å². The van der Waals surface area contributed by atoms with Crippen molar-refractivity contribution >= 4 is 11.9 Å². The van der Waals surface area contributed by atoms with Crippen molar-refractivity contribution in [1.29, 1.82) is 0 Å². The zero-order chi connectivity index (χ0) is 16.5. The number of hydrogen-bond acceptors (Lipinski definition) is 3. The van der Waals surface area contributed by atoms with E-state index >= 15 is 0 Å². The minimum absolute atomic E-state index is 0.00889. The molecule has 0 unspecified atom stereocenters. The first-order valence-corrected chi connectivity index (χ1v) is 9.13. The number of fused-ring (bicyclic) bond motifs is 1. The zero-order valence-corrected chi connectivity index (χ0v) is 14.0. The second-order valence-electron chi connectivity index (χ2n) is 7.13. The van der Waals surface area contributed by atoms with E-state index in [9.17, 15) is 9.59 Å². The molecule has 1 aromatic rings. The largest absolute Gasteiger partial charge is 0.469 e. The molecular formula is C18H25N3O3. The molecule has 1 N–H and O–H groups in total. The van der Waals surface area contributed by atoms with Crippen LogP contribution in [0.15, 0.2) is 16.7 Å². The molecule has 1 aliphatic carbocycles. The lowest BCUT2D eigenvalue weighted by atomic mass is 9.93. The molecule has 0 saturated carbocycles. The normalized spacial score (nSPS) is 27.2. The Morgan fingerprint density at radius 3 is 2.92 bits per heavy atom. The molecular weight excluding hydrogens is 306 g/mol. The minimum atomic E-state index is -0.00889. The molecule has 0 spiro atoms. The van der Waals surface area contributed by atoms with Gasteiger partial charge in [-0.1, -0.05) is 0 Å². The average molecular weight is 331 g/mol. The summed E-state index contributed by atoms with van der Waals surface area (Å²) in [6.45, 7) is 2.28. The first-order valence-electron chi connectivity index (χ1n) is 9.13. The van der Waals surface area contributed by atoms with Crippen molar-refractivity contribution in [2.45, 2.75) is 57.0 Å². The van der Waals surface area contributed by atoms with Gasteiger partial charge in [-0.25, -0.2) is 4.79 Å². The van der Waals surface area contributed by atoms with Crippen molar-refractivity contribution in [1.82, 2.24) is 15.1 Å². The third kappa shape index (κ3) is 2.89. The standard InChI is InChI=1S/C18H25N3O3/c22-17-7-3-10-21(17)13-4-2-9-20(12-13)18(23)19-15-5-1-6-16-14(15)8-11-24-16/h8,11,13,15H,1-7,9-10,12H2,(H,19,23)/t13-,15+/m0/s1. The molecule has 0 radical (unpaired) electrons. The van der Waals surface area contributed by atoms with Gasteiger partial charge < -0.3 is 19.5 Å². The van der Waals surface area contributed by atoms with E-state index in [4.69, 9.17) is 4.42 Å². The molecule has 0 bridgehead atoms. The Morgan fingerprint density at radius 1 is 1.17 bits per heavy atom. The van der Waals surface area contributed by atoms with Gasteiger partial charge in [-0.2, -0.15) is 0 Å². The number of piperidine rings is 1. The molecule has 6 nitrogen and oxygen atoms in total. The maximum atomic E-state index is 12.7. The number of carbonyl (C=O) groups excluding carboxylic acids is 2. The SMILES string of the molecule is O=C(N[C@@H]1CCCc2occc21)N1CCC[C@H](N2CCCC2=O)C1. The number of likely N-dealkylation sites (tertiary alicyclic amines) is 2. The molecule has 2 aliphatic heterocycles. The average Bonchev–Trinajstić information content (AvgIpc) is 3.24. The lowest BCUT2D eigenvalue weighted by Gasteiger charge is -2.38. The molecule has 6 heteroatoms. The fourth-order valence-electron chi connectivity index (χ4n) is 4.33. The van der Waals surface area contributed by atoms with Gasteiger partial charge in [0.1, 0.15) is 5.76 Å². The van der Waals surface area contributed by atoms with E-state index in [1.165, 1.54) is 0 Å². The maximum Gasteiger partial charge on any atom is 0.317 e. The van der Waals surface area contributed by atoms with Gasteiger partial charge in [-0.05, 0) is 38.2 Å². The quantitative estimate of drug-likeness (QED) is 0.905. The van der Waals surface area contributed by atoms with Gasteiger partial charge in [0, 0.05) is 44.1 Å². The van der Waals surface area contributed by atoms with Gasteiger partial charge >= 0.3 is 6.03 Å². The monoisotopic (exact) mass is 331 g/mol. The number of urea groups is 1. The second kappa shape index (κ2) is 6.49. The highest BCUT2D eigenvalue weighted by Crippen LogP contribution is 2.31. The molecule has 2 fully saturated rings. The van der Waals surface area contributed by atoms with Crippen LogP contribution in [0.2, 0.25) is 0 Å². The lowest BCUT2D eigenvalue weighted by Crippen LogP contribution is -2.53. The molecule has 24 heavy (non-hydrogen) atoms. The van der Waals surface area contributed by atoms with E-state index in [2.05, 4.69) is 5.32 Å². The summed E-state index contributed by atoms with van der Waals surface area (Å²) in [4.78, 5) is 28.6. The van der Waals surface area contributed by atoms with Crippen molar-refractivity contribution in [3.63, 3.8) is 0 Å². The van der Waals surface area contributed by atoms with Crippen LogP contribution in [0.4, 0.5) is 4.79 Å². The number of nitrogens with zero attached hydrogens (tertiary/aromatic N) is 2. The first-order chi connectivity index (χ1) is 11.7. The van der Waals surface area contributed by atoms with Crippen LogP contribution in [-0.4, -0.2) is 47.4 Å². The van der Waals surface area contributed by atoms with Crippen molar-refractivity contribution in [2.75, 3.05) is 19.6 Å². The van der Waals surface area contributed by atoms with Gasteiger partial charge in [0.15, 0.2) is 0 Å². The molecule has 130 valence electrons. The third-order valence-corrected chi connectivity index (χ3v) is 5.58. The zero-order valence-electron chi connectivity index (χ0n) is 14.0. The minimum Gasteiger partial charge on any atom is -0.469 e. The van der Waals surface area contributed by atoms with Crippen LogP contribution in [0.5, 0.6) is 0 Å². The number of amides is 3. The van der Waals surface area contributed by atoms with E-state index in [-0.39, 0.29) is 24.0 Å². The molecule has 0 aromatic carbocycles. The second-order valence-corrected chi connectivity index (χ2v) is 7.13. The van der Waals surface area contributed by atoms with Gasteiger partial charge in [-0.15, -0.1) is 0 Å². The van der Waals surface area contributed by atoms with Crippen LogP contribution in [0, 0.1) is 0 Å². The van der Waals surface area contributed by atoms with E-state index in [0.717, 1.165) is 62.9 Å². The molecule has 4 rings (SSSR count). The Morgan fingerprint density at radius 2 is 2.08 bits per heavy atom. The van der Waals surface area contributed by atoms with Crippen LogP contribution in [0.25, 0.3) is 0 Å². The Bertz CT molecular complexity index is 627. The predicted molar refractivity (Wildman–Crippen MR) is 88.5 cm³/mol. The number of rotatable bonds is 2. The van der Waals surface area contributed by atoms with Crippen molar-refractivity contribution in [3.8, 4) is 0 Å². The van der Waals surface area contributed by atoms with E-state index in [1.54, 1.807) is 6.26 Å². The molecule has 2 saturated heterocycles. The van der Waals surface area contributed by atoms with Crippen LogP contribution in [-0.2, 0) is 11.2 Å². The number of nitrogens with one attached hydrogen (secondary N) is 1. The summed E-state index contributed by atoms with van der Waals surface area (Å²) in [5, 5.41) is 3.18. The summed E-state index contributed by atoms with van der Waals surface area (Å²) in [6.07, 6.45) is 8.24. The van der Waals surface area contributed by atoms with E-state index in [1.807, 2.05) is 15.9 Å². The lowest BCUT2D eigenvalue weighted by molar-refractivity contribution is -0.130. The molecule has 3 amide bonds. The number of furan rings is 1.